The fourth-order valence-electron chi connectivity index (χ4n) is 1.86. The Morgan fingerprint density at radius 3 is 2.40 bits per heavy atom. The maximum absolute atomic E-state index is 6.19. The van der Waals surface area contributed by atoms with Crippen LogP contribution in [-0.4, -0.2) is 12.0 Å². The van der Waals surface area contributed by atoms with Gasteiger partial charge in [-0.3, -0.25) is 0 Å². The zero-order chi connectivity index (χ0) is 14.9. The van der Waals surface area contributed by atoms with E-state index >= 15 is 0 Å². The Morgan fingerprint density at radius 1 is 1.05 bits per heavy atom. The first kappa shape index (κ1) is 15.7. The Hall–Kier alpha value is -0.670. The van der Waals surface area contributed by atoms with E-state index in [1.165, 1.54) is 0 Å². The molecule has 1 unspecified atom stereocenters. The van der Waals surface area contributed by atoms with Crippen LogP contribution in [0.1, 0.15) is 18.5 Å². The second-order valence-corrected chi connectivity index (χ2v) is 6.02. The van der Waals surface area contributed by atoms with Gasteiger partial charge in [-0.15, -0.1) is 0 Å². The first-order valence-corrected chi connectivity index (χ1v) is 7.41. The number of hydrogen-bond acceptors (Lipinski definition) is 2. The monoisotopic (exact) mass is 348 g/mol. The van der Waals surface area contributed by atoms with Crippen molar-refractivity contribution in [2.45, 2.75) is 13.0 Å². The molecule has 0 saturated heterocycles. The number of nitrogens with zero attached hydrogens (tertiary/aromatic N) is 2. The molecule has 2 rings (SSSR count). The van der Waals surface area contributed by atoms with E-state index in [0.29, 0.717) is 20.9 Å². The second-order valence-electron chi connectivity index (χ2n) is 4.41. The third kappa shape index (κ3) is 3.32. The lowest BCUT2D eigenvalue weighted by Gasteiger charge is -2.27. The first-order valence-electron chi connectivity index (χ1n) is 5.90. The molecule has 0 aliphatic heterocycles. The van der Waals surface area contributed by atoms with Gasteiger partial charge in [0, 0.05) is 12.1 Å². The lowest BCUT2D eigenvalue weighted by atomic mass is 10.1. The zero-order valence-electron chi connectivity index (χ0n) is 10.9. The first-order chi connectivity index (χ1) is 9.40. The van der Waals surface area contributed by atoms with Crippen molar-refractivity contribution in [3.8, 4) is 0 Å². The normalized spacial score (nSPS) is 12.3. The Kier molecular flexibility index (Phi) is 5.03. The molecule has 0 amide bonds. The van der Waals surface area contributed by atoms with Crippen LogP contribution in [0.15, 0.2) is 30.3 Å². The van der Waals surface area contributed by atoms with E-state index < -0.39 is 0 Å². The van der Waals surface area contributed by atoms with Crippen LogP contribution in [0.4, 0.5) is 5.82 Å². The maximum atomic E-state index is 6.19. The quantitative estimate of drug-likeness (QED) is 0.642. The van der Waals surface area contributed by atoms with Crippen LogP contribution in [-0.2, 0) is 0 Å². The molecule has 2 aromatic rings. The standard InChI is InChI=1S/C14H12Cl4N2/c1-8(9-4-3-5-10(15)6-9)20(2)14-12(17)7-11(16)13(18)19-14/h3-8H,1-2H3. The van der Waals surface area contributed by atoms with Crippen molar-refractivity contribution >= 4 is 52.2 Å². The molecule has 0 radical (unpaired) electrons. The Morgan fingerprint density at radius 2 is 1.75 bits per heavy atom. The minimum Gasteiger partial charge on any atom is -0.352 e. The lowest BCUT2D eigenvalue weighted by molar-refractivity contribution is 0.729. The fraction of sp³-hybridized carbons (Fsp3) is 0.214. The molecule has 6 heteroatoms. The summed E-state index contributed by atoms with van der Waals surface area (Å²) in [6.45, 7) is 2.03. The van der Waals surface area contributed by atoms with Crippen LogP contribution in [0.2, 0.25) is 20.2 Å². The van der Waals surface area contributed by atoms with E-state index in [1.807, 2.05) is 43.1 Å². The molecule has 0 fully saturated rings. The van der Waals surface area contributed by atoms with E-state index in [2.05, 4.69) is 4.98 Å². The van der Waals surface area contributed by atoms with E-state index in [0.717, 1.165) is 5.56 Å². The second kappa shape index (κ2) is 6.40. The molecule has 1 aromatic carbocycles. The van der Waals surface area contributed by atoms with Crippen molar-refractivity contribution in [1.29, 1.82) is 0 Å². The third-order valence-electron chi connectivity index (χ3n) is 3.11. The molecule has 1 atom stereocenters. The molecule has 0 spiro atoms. The molecular formula is C14H12Cl4N2. The molecule has 20 heavy (non-hydrogen) atoms. The summed E-state index contributed by atoms with van der Waals surface area (Å²) in [5.41, 5.74) is 1.06. The summed E-state index contributed by atoms with van der Waals surface area (Å²) in [7, 11) is 1.89. The van der Waals surface area contributed by atoms with E-state index in [-0.39, 0.29) is 11.2 Å². The van der Waals surface area contributed by atoms with Crippen molar-refractivity contribution in [1.82, 2.24) is 4.98 Å². The summed E-state index contributed by atoms with van der Waals surface area (Å²) in [5.74, 6) is 0.577. The highest BCUT2D eigenvalue weighted by atomic mass is 35.5. The van der Waals surface area contributed by atoms with E-state index in [1.54, 1.807) is 6.07 Å². The highest BCUT2D eigenvalue weighted by Crippen LogP contribution is 2.34. The molecule has 1 aromatic heterocycles. The molecule has 106 valence electrons. The number of hydrogen-bond donors (Lipinski definition) is 0. The van der Waals surface area contributed by atoms with Gasteiger partial charge < -0.3 is 4.90 Å². The van der Waals surface area contributed by atoms with Crippen LogP contribution < -0.4 is 4.90 Å². The third-order valence-corrected chi connectivity index (χ3v) is 4.30. The van der Waals surface area contributed by atoms with E-state index in [9.17, 15) is 0 Å². The molecule has 0 N–H and O–H groups in total. The van der Waals surface area contributed by atoms with Gasteiger partial charge in [0.05, 0.1) is 16.1 Å². The molecule has 0 bridgehead atoms. The van der Waals surface area contributed by atoms with Gasteiger partial charge in [0.2, 0.25) is 0 Å². The van der Waals surface area contributed by atoms with Gasteiger partial charge in [0.1, 0.15) is 11.0 Å². The summed E-state index contributed by atoms with van der Waals surface area (Å²) < 4.78 is 0. The van der Waals surface area contributed by atoms with Gasteiger partial charge in [-0.05, 0) is 30.7 Å². The molecule has 1 heterocycles. The highest BCUT2D eigenvalue weighted by molar-refractivity contribution is 6.42. The van der Waals surface area contributed by atoms with Crippen molar-refractivity contribution in [3.63, 3.8) is 0 Å². The molecule has 0 aliphatic rings. The average molecular weight is 350 g/mol. The van der Waals surface area contributed by atoms with Gasteiger partial charge in [-0.2, -0.15) is 0 Å². The summed E-state index contributed by atoms with van der Waals surface area (Å²) in [5, 5.41) is 1.71. The molecule has 0 aliphatic carbocycles. The Bertz CT molecular complexity index is 631. The van der Waals surface area contributed by atoms with Gasteiger partial charge in [0.15, 0.2) is 0 Å². The summed E-state index contributed by atoms with van der Waals surface area (Å²) in [6.07, 6.45) is 0. The minimum atomic E-state index is 0.0379. The summed E-state index contributed by atoms with van der Waals surface area (Å²) >= 11 is 24.1. The topological polar surface area (TPSA) is 16.1 Å². The predicted molar refractivity (Wildman–Crippen MR) is 87.5 cm³/mol. The largest absolute Gasteiger partial charge is 0.352 e. The molecular weight excluding hydrogens is 338 g/mol. The van der Waals surface area contributed by atoms with Crippen LogP contribution >= 0.6 is 46.4 Å². The van der Waals surface area contributed by atoms with Crippen molar-refractivity contribution in [2.75, 3.05) is 11.9 Å². The smallest absolute Gasteiger partial charge is 0.150 e. The predicted octanol–water partition coefficient (Wildman–Crippen LogP) is 5.89. The van der Waals surface area contributed by atoms with Crippen LogP contribution in [0.3, 0.4) is 0 Å². The van der Waals surface area contributed by atoms with Gasteiger partial charge in [0.25, 0.3) is 0 Å². The van der Waals surface area contributed by atoms with Gasteiger partial charge in [-0.1, -0.05) is 58.5 Å². The van der Waals surface area contributed by atoms with Crippen molar-refractivity contribution in [2.24, 2.45) is 0 Å². The number of pyridine rings is 1. The van der Waals surface area contributed by atoms with Crippen molar-refractivity contribution < 1.29 is 0 Å². The number of halogens is 4. The number of benzene rings is 1. The Balaban J connectivity index is 2.36. The maximum Gasteiger partial charge on any atom is 0.150 e. The molecule has 0 saturated carbocycles. The van der Waals surface area contributed by atoms with Crippen LogP contribution in [0.25, 0.3) is 0 Å². The molecule has 2 nitrogen and oxygen atoms in total. The zero-order valence-corrected chi connectivity index (χ0v) is 13.9. The van der Waals surface area contributed by atoms with Gasteiger partial charge >= 0.3 is 0 Å². The fourth-order valence-corrected chi connectivity index (χ4v) is 2.68. The number of anilines is 1. The number of aromatic nitrogens is 1. The van der Waals surface area contributed by atoms with Crippen LogP contribution in [0, 0.1) is 0 Å². The average Bonchev–Trinajstić information content (AvgIpc) is 2.41. The number of rotatable bonds is 3. The highest BCUT2D eigenvalue weighted by Gasteiger charge is 2.18. The summed E-state index contributed by atoms with van der Waals surface area (Å²) in [4.78, 5) is 6.16. The SMILES string of the molecule is CC(c1cccc(Cl)c1)N(C)c1nc(Cl)c(Cl)cc1Cl. The van der Waals surface area contributed by atoms with Gasteiger partial charge in [-0.25, -0.2) is 4.98 Å². The van der Waals surface area contributed by atoms with Crippen molar-refractivity contribution in [3.05, 3.63) is 56.1 Å². The van der Waals surface area contributed by atoms with E-state index in [4.69, 9.17) is 46.4 Å². The minimum absolute atomic E-state index is 0.0379. The summed E-state index contributed by atoms with van der Waals surface area (Å²) in [6, 6.07) is 9.28. The lowest BCUT2D eigenvalue weighted by Crippen LogP contribution is -2.23. The Labute approximate surface area is 138 Å². The van der Waals surface area contributed by atoms with Crippen LogP contribution in [0.5, 0.6) is 0 Å².